The molecule has 0 N–H and O–H groups in total. The molecule has 59 heavy (non-hydrogen) atoms. The van der Waals surface area contributed by atoms with E-state index in [0.29, 0.717) is 43.1 Å². The van der Waals surface area contributed by atoms with E-state index in [0.717, 1.165) is 51.4 Å². The molecule has 0 fully saturated rings. The number of unbranched alkanes of at least 4 members (excludes halogenated alkanes) is 10. The molecule has 336 valence electrons. The second-order valence-electron chi connectivity index (χ2n) is 15.7. The van der Waals surface area contributed by atoms with Crippen LogP contribution in [-0.4, -0.2) is 75.8 Å². The molecule has 0 aromatic carbocycles. The molecule has 0 saturated heterocycles. The average Bonchev–Trinajstić information content (AvgIpc) is 3.18. The largest absolute Gasteiger partial charge is 0.756 e. The highest BCUT2D eigenvalue weighted by Crippen LogP contribution is 2.38. The number of esters is 2. The van der Waals surface area contributed by atoms with Gasteiger partial charge in [-0.1, -0.05) is 138 Å². The summed E-state index contributed by atoms with van der Waals surface area (Å²) in [6, 6.07) is 0. The maximum atomic E-state index is 12.7. The summed E-state index contributed by atoms with van der Waals surface area (Å²) in [5.41, 5.74) is 0. The molecule has 0 aliphatic rings. The number of carbonyl (C=O) groups excluding carboxylic acids is 3. The Bertz CT molecular complexity index is 1340. The lowest BCUT2D eigenvalue weighted by Crippen LogP contribution is -2.37. The van der Waals surface area contributed by atoms with E-state index in [1.165, 1.54) is 38.5 Å². The van der Waals surface area contributed by atoms with Crippen LogP contribution in [0.1, 0.15) is 149 Å². The van der Waals surface area contributed by atoms with Crippen molar-refractivity contribution in [3.63, 3.8) is 0 Å². The van der Waals surface area contributed by atoms with E-state index >= 15 is 0 Å². The molecule has 0 aromatic heterocycles. The molecule has 0 amide bonds. The van der Waals surface area contributed by atoms with Crippen molar-refractivity contribution in [1.82, 2.24) is 0 Å². The zero-order valence-corrected chi connectivity index (χ0v) is 38.3. The van der Waals surface area contributed by atoms with Gasteiger partial charge in [0.2, 0.25) is 0 Å². The van der Waals surface area contributed by atoms with Gasteiger partial charge < -0.3 is 27.9 Å². The Morgan fingerprint density at radius 2 is 1.08 bits per heavy atom. The van der Waals surface area contributed by atoms with Gasteiger partial charge in [0.1, 0.15) is 19.8 Å². The Morgan fingerprint density at radius 1 is 0.576 bits per heavy atom. The number of hydrogen-bond donors (Lipinski definition) is 0. The van der Waals surface area contributed by atoms with Gasteiger partial charge in [0.15, 0.2) is 11.9 Å². The summed E-state index contributed by atoms with van der Waals surface area (Å²) in [5, 5.41) is 0. The van der Waals surface area contributed by atoms with Gasteiger partial charge >= 0.3 is 11.9 Å². The molecule has 0 rings (SSSR count). The van der Waals surface area contributed by atoms with Gasteiger partial charge in [-0.25, -0.2) is 0 Å². The van der Waals surface area contributed by atoms with Crippen molar-refractivity contribution in [2.75, 3.05) is 47.5 Å². The van der Waals surface area contributed by atoms with Crippen molar-refractivity contribution in [2.45, 2.75) is 155 Å². The standard InChI is InChI=1S/C48H80NO9P/c1-6-8-10-11-12-13-14-15-16-17-18-19-22-26-29-32-36-40-48(52)58-46(44-57-59(53,54)56-42-41-49(3,4)5)43-55-47(51)39-35-31-28-25-23-20-21-24-27-30-34-38-45(50)37-33-9-7-2/h15-16,18-21,25-30,34,38,46H,6-14,17,22-24,31-33,35-37,39-44H2,1-5H3/b16-15-,19-18-,21-20-,28-25-,29-26-,30-27-,38-34+/t46-/m1/s1. The Kier molecular flexibility index (Phi) is 36.9. The molecule has 0 aliphatic carbocycles. The summed E-state index contributed by atoms with van der Waals surface area (Å²) in [7, 11) is 1.06. The van der Waals surface area contributed by atoms with E-state index in [2.05, 4.69) is 56.4 Å². The Balaban J connectivity index is 4.59. The second kappa shape index (κ2) is 39.0. The van der Waals surface area contributed by atoms with Crippen molar-refractivity contribution in [2.24, 2.45) is 0 Å². The van der Waals surface area contributed by atoms with E-state index in [9.17, 15) is 23.8 Å². The van der Waals surface area contributed by atoms with Gasteiger partial charge in [0, 0.05) is 19.3 Å². The fourth-order valence-corrected chi connectivity index (χ4v) is 6.05. The lowest BCUT2D eigenvalue weighted by Gasteiger charge is -2.28. The number of rotatable bonds is 39. The number of ether oxygens (including phenoxy) is 2. The van der Waals surface area contributed by atoms with Gasteiger partial charge in [-0.05, 0) is 76.7 Å². The molecule has 11 heteroatoms. The van der Waals surface area contributed by atoms with Crippen LogP contribution < -0.4 is 4.89 Å². The van der Waals surface area contributed by atoms with Crippen LogP contribution in [0.4, 0.5) is 0 Å². The number of allylic oxidation sites excluding steroid dienone is 14. The van der Waals surface area contributed by atoms with E-state index in [4.69, 9.17) is 18.5 Å². The van der Waals surface area contributed by atoms with Crippen LogP contribution in [-0.2, 0) is 37.5 Å². The van der Waals surface area contributed by atoms with Crippen LogP contribution in [0.2, 0.25) is 0 Å². The summed E-state index contributed by atoms with van der Waals surface area (Å²) in [5.74, 6) is -0.839. The van der Waals surface area contributed by atoms with Crippen molar-refractivity contribution in [1.29, 1.82) is 0 Å². The third-order valence-electron chi connectivity index (χ3n) is 8.86. The minimum Gasteiger partial charge on any atom is -0.756 e. The number of phosphoric acid groups is 1. The Hall–Kier alpha value is -3.14. The molecule has 0 heterocycles. The maximum absolute atomic E-state index is 12.7. The summed E-state index contributed by atoms with van der Waals surface area (Å²) >= 11 is 0. The van der Waals surface area contributed by atoms with Crippen LogP contribution >= 0.6 is 7.82 Å². The number of ketones is 1. The van der Waals surface area contributed by atoms with Crippen molar-refractivity contribution in [3.05, 3.63) is 85.1 Å². The summed E-state index contributed by atoms with van der Waals surface area (Å²) in [6.07, 6.45) is 46.1. The van der Waals surface area contributed by atoms with E-state index in [1.54, 1.807) is 12.2 Å². The monoisotopic (exact) mass is 846 g/mol. The number of nitrogens with zero attached hydrogens (tertiary/aromatic N) is 1. The lowest BCUT2D eigenvalue weighted by molar-refractivity contribution is -0.870. The molecular formula is C48H80NO9P. The number of hydrogen-bond acceptors (Lipinski definition) is 9. The average molecular weight is 846 g/mol. The minimum absolute atomic E-state index is 0.0628. The highest BCUT2D eigenvalue weighted by Gasteiger charge is 2.21. The summed E-state index contributed by atoms with van der Waals surface area (Å²) < 4.78 is 33.7. The van der Waals surface area contributed by atoms with Crippen molar-refractivity contribution < 1.29 is 46.8 Å². The van der Waals surface area contributed by atoms with Crippen LogP contribution in [0.5, 0.6) is 0 Å². The lowest BCUT2D eigenvalue weighted by atomic mass is 10.1. The molecule has 0 aliphatic heterocycles. The van der Waals surface area contributed by atoms with Gasteiger partial charge in [0.25, 0.3) is 7.82 Å². The molecule has 0 bridgehead atoms. The molecule has 0 radical (unpaired) electrons. The highest BCUT2D eigenvalue weighted by molar-refractivity contribution is 7.45. The first kappa shape index (κ1) is 55.9. The van der Waals surface area contributed by atoms with Gasteiger partial charge in [-0.15, -0.1) is 0 Å². The van der Waals surface area contributed by atoms with Gasteiger partial charge in [-0.3, -0.25) is 18.9 Å². The van der Waals surface area contributed by atoms with Crippen LogP contribution in [0.15, 0.2) is 85.1 Å². The predicted octanol–water partition coefficient (Wildman–Crippen LogP) is 11.3. The molecule has 0 spiro atoms. The number of carbonyl (C=O) groups is 3. The normalized spacial score (nSPS) is 14.3. The first-order valence-corrected chi connectivity index (χ1v) is 23.7. The third kappa shape index (κ3) is 42.8. The summed E-state index contributed by atoms with van der Waals surface area (Å²) in [4.78, 5) is 49.2. The quantitative estimate of drug-likeness (QED) is 0.0113. The SMILES string of the molecule is CCCCCCCC/C=C\C/C=C\C/C=C\CCCC(=O)O[C@H](COC(=O)CCC/C=C\C/C=C\C/C=C\C=C\C(=O)CCCCC)COP(=O)([O-])OCC[N+](C)(C)C. The molecule has 2 atom stereocenters. The Morgan fingerprint density at radius 3 is 1.68 bits per heavy atom. The number of phosphoric ester groups is 1. The first-order chi connectivity index (χ1) is 28.4. The predicted molar refractivity (Wildman–Crippen MR) is 241 cm³/mol. The number of quaternary nitrogens is 1. The smallest absolute Gasteiger partial charge is 0.306 e. The van der Waals surface area contributed by atoms with Crippen LogP contribution in [0.3, 0.4) is 0 Å². The van der Waals surface area contributed by atoms with E-state index < -0.39 is 32.5 Å². The van der Waals surface area contributed by atoms with Crippen molar-refractivity contribution in [3.8, 4) is 0 Å². The topological polar surface area (TPSA) is 128 Å². The molecule has 0 aromatic rings. The summed E-state index contributed by atoms with van der Waals surface area (Å²) in [6.45, 7) is 3.89. The first-order valence-electron chi connectivity index (χ1n) is 22.2. The molecule has 1 unspecified atom stereocenters. The second-order valence-corrected chi connectivity index (χ2v) is 17.1. The highest BCUT2D eigenvalue weighted by atomic mass is 31.2. The zero-order valence-electron chi connectivity index (χ0n) is 37.4. The fourth-order valence-electron chi connectivity index (χ4n) is 5.32. The number of likely N-dealkylation sites (N-methyl/N-ethyl adjacent to an activating group) is 1. The van der Waals surface area contributed by atoms with Gasteiger partial charge in [0.05, 0.1) is 27.7 Å². The third-order valence-corrected chi connectivity index (χ3v) is 9.83. The van der Waals surface area contributed by atoms with E-state index in [1.807, 2.05) is 51.5 Å². The van der Waals surface area contributed by atoms with Crippen molar-refractivity contribution >= 4 is 25.5 Å². The van der Waals surface area contributed by atoms with Crippen LogP contribution in [0.25, 0.3) is 0 Å². The van der Waals surface area contributed by atoms with E-state index in [-0.39, 0.29) is 31.8 Å². The van der Waals surface area contributed by atoms with Crippen LogP contribution in [0, 0.1) is 0 Å². The van der Waals surface area contributed by atoms with Gasteiger partial charge in [-0.2, -0.15) is 0 Å². The molecular weight excluding hydrogens is 766 g/mol. The Labute approximate surface area is 358 Å². The zero-order chi connectivity index (χ0) is 43.7. The molecule has 10 nitrogen and oxygen atoms in total. The maximum Gasteiger partial charge on any atom is 0.306 e. The fraction of sp³-hybridized carbons (Fsp3) is 0.646. The minimum atomic E-state index is -4.67. The molecule has 0 saturated carbocycles.